The Hall–Kier alpha value is -3.75. The van der Waals surface area contributed by atoms with Crippen LogP contribution in [0.15, 0.2) is 108 Å². The summed E-state index contributed by atoms with van der Waals surface area (Å²) in [5.74, 6) is -1.21. The van der Waals surface area contributed by atoms with Crippen LogP contribution < -0.4 is 16.0 Å². The second kappa shape index (κ2) is 14.9. The molecule has 1 atom stereocenters. The van der Waals surface area contributed by atoms with E-state index in [-0.39, 0.29) is 16.6 Å². The molecule has 0 aromatic heterocycles. The smallest absolute Gasteiger partial charge is 0.272 e. The molecule has 0 saturated heterocycles. The number of para-hydroxylation sites is 1. The van der Waals surface area contributed by atoms with Gasteiger partial charge in [-0.05, 0) is 66.6 Å². The first kappa shape index (κ1) is 31.2. The topological polar surface area (TPSA) is 87.3 Å². The lowest BCUT2D eigenvalue weighted by molar-refractivity contribution is -0.116. The number of hydrogen-bond donors (Lipinski definition) is 3. The van der Waals surface area contributed by atoms with Crippen molar-refractivity contribution in [3.63, 3.8) is 0 Å². The number of nitrogens with one attached hydrogen (secondary N) is 3. The van der Waals surface area contributed by atoms with Crippen LogP contribution in [0, 0.1) is 0 Å². The number of halogens is 3. The minimum Gasteiger partial charge on any atom is -0.324 e. The van der Waals surface area contributed by atoms with Crippen molar-refractivity contribution in [3.05, 3.63) is 129 Å². The number of carbonyl (C=O) groups excluding carboxylic acids is 3. The van der Waals surface area contributed by atoms with Gasteiger partial charge < -0.3 is 16.0 Å². The highest BCUT2D eigenvalue weighted by molar-refractivity contribution is 8.00. The molecule has 4 aromatic carbocycles. The maximum absolute atomic E-state index is 13.5. The molecular weight excluding hydrogens is 613 g/mol. The molecule has 0 aliphatic heterocycles. The molecule has 0 spiro atoms. The Balaban J connectivity index is 1.53. The molecule has 0 aliphatic rings. The van der Waals surface area contributed by atoms with Crippen LogP contribution in [0.1, 0.15) is 29.3 Å². The molecule has 0 bridgehead atoms. The normalized spacial score (nSPS) is 11.9. The summed E-state index contributed by atoms with van der Waals surface area (Å²) in [7, 11) is 0. The highest BCUT2D eigenvalue weighted by atomic mass is 35.5. The van der Waals surface area contributed by atoms with Crippen LogP contribution in [0.3, 0.4) is 0 Å². The number of benzene rings is 4. The molecule has 1 unspecified atom stereocenters. The summed E-state index contributed by atoms with van der Waals surface area (Å²) in [4.78, 5) is 40.1. The van der Waals surface area contributed by atoms with Gasteiger partial charge in [0, 0.05) is 16.1 Å². The summed E-state index contributed by atoms with van der Waals surface area (Å²) in [5.41, 5.74) is 1.83. The molecule has 3 amide bonds. The zero-order valence-electron chi connectivity index (χ0n) is 22.4. The second-order valence-electron chi connectivity index (χ2n) is 8.99. The summed E-state index contributed by atoms with van der Waals surface area (Å²) in [6, 6.07) is 27.7. The first-order valence-electron chi connectivity index (χ1n) is 12.9. The predicted molar refractivity (Wildman–Crippen MR) is 173 cm³/mol. The maximum atomic E-state index is 13.5. The van der Waals surface area contributed by atoms with Gasteiger partial charge in [0.1, 0.15) is 5.70 Å². The fourth-order valence-electron chi connectivity index (χ4n) is 3.84. The van der Waals surface area contributed by atoms with E-state index in [0.29, 0.717) is 39.0 Å². The first-order valence-corrected chi connectivity index (χ1v) is 14.9. The molecule has 4 aromatic rings. The fourth-order valence-corrected chi connectivity index (χ4v) is 5.40. The van der Waals surface area contributed by atoms with Gasteiger partial charge in [0.15, 0.2) is 0 Å². The summed E-state index contributed by atoms with van der Waals surface area (Å²) in [6.45, 7) is 1.92. The SMILES string of the molecule is CCC(Sc1cccc(NC(=O)/C(=C\c2cccc(Cl)c2Cl)NC(=O)c2ccccc2)c1)C(=O)Nc1ccccc1Cl. The fraction of sp³-hybridized carbons (Fsp3) is 0.0938. The highest BCUT2D eigenvalue weighted by Gasteiger charge is 2.20. The largest absolute Gasteiger partial charge is 0.324 e. The average molecular weight is 639 g/mol. The van der Waals surface area contributed by atoms with Crippen molar-refractivity contribution in [1.82, 2.24) is 5.32 Å². The summed E-state index contributed by atoms with van der Waals surface area (Å²) >= 11 is 20.1. The molecule has 4 rings (SSSR count). The molecule has 0 fully saturated rings. The molecule has 0 aliphatic carbocycles. The van der Waals surface area contributed by atoms with E-state index in [1.54, 1.807) is 91.0 Å². The van der Waals surface area contributed by atoms with Crippen LogP contribution in [0.4, 0.5) is 11.4 Å². The Morgan fingerprint density at radius 3 is 2.24 bits per heavy atom. The quantitative estimate of drug-likeness (QED) is 0.120. The minimum atomic E-state index is -0.569. The number of anilines is 2. The maximum Gasteiger partial charge on any atom is 0.272 e. The van der Waals surface area contributed by atoms with Gasteiger partial charge in [-0.3, -0.25) is 14.4 Å². The molecule has 6 nitrogen and oxygen atoms in total. The summed E-state index contributed by atoms with van der Waals surface area (Å²) in [6.07, 6.45) is 2.03. The van der Waals surface area contributed by atoms with Crippen molar-refractivity contribution in [2.45, 2.75) is 23.5 Å². The van der Waals surface area contributed by atoms with Crippen molar-refractivity contribution in [2.75, 3.05) is 10.6 Å². The van der Waals surface area contributed by atoms with Crippen LogP contribution in [0.5, 0.6) is 0 Å². The van der Waals surface area contributed by atoms with Gasteiger partial charge >= 0.3 is 0 Å². The lowest BCUT2D eigenvalue weighted by Crippen LogP contribution is -2.30. The molecule has 0 radical (unpaired) electrons. The molecule has 42 heavy (non-hydrogen) atoms. The van der Waals surface area contributed by atoms with Crippen LogP contribution in [0.2, 0.25) is 15.1 Å². The first-order chi connectivity index (χ1) is 20.2. The van der Waals surface area contributed by atoms with Gasteiger partial charge in [-0.15, -0.1) is 11.8 Å². The second-order valence-corrected chi connectivity index (χ2v) is 11.5. The van der Waals surface area contributed by atoms with E-state index in [0.717, 1.165) is 4.90 Å². The van der Waals surface area contributed by atoms with Gasteiger partial charge in [-0.1, -0.05) is 90.3 Å². The number of carbonyl (C=O) groups is 3. The third kappa shape index (κ3) is 8.39. The molecule has 0 heterocycles. The molecule has 0 saturated carbocycles. The summed E-state index contributed by atoms with van der Waals surface area (Å²) in [5, 5.41) is 9.01. The van der Waals surface area contributed by atoms with E-state index in [9.17, 15) is 14.4 Å². The number of thioether (sulfide) groups is 1. The molecule has 214 valence electrons. The Morgan fingerprint density at radius 2 is 1.50 bits per heavy atom. The lowest BCUT2D eigenvalue weighted by Gasteiger charge is -2.16. The van der Waals surface area contributed by atoms with Gasteiger partial charge in [0.25, 0.3) is 11.8 Å². The lowest BCUT2D eigenvalue weighted by atomic mass is 10.1. The van der Waals surface area contributed by atoms with Crippen LogP contribution in [0.25, 0.3) is 6.08 Å². The Kier molecular flexibility index (Phi) is 11.1. The van der Waals surface area contributed by atoms with Gasteiger partial charge in [0.2, 0.25) is 5.91 Å². The Labute approximate surface area is 263 Å². The van der Waals surface area contributed by atoms with Gasteiger partial charge in [-0.25, -0.2) is 0 Å². The van der Waals surface area contributed by atoms with Crippen molar-refractivity contribution in [3.8, 4) is 0 Å². The van der Waals surface area contributed by atoms with Gasteiger partial charge in [0.05, 0.1) is 26.0 Å². The van der Waals surface area contributed by atoms with Crippen LogP contribution >= 0.6 is 46.6 Å². The Bertz CT molecular complexity index is 1630. The van der Waals surface area contributed by atoms with Crippen LogP contribution in [-0.4, -0.2) is 23.0 Å². The van der Waals surface area contributed by atoms with E-state index in [4.69, 9.17) is 34.8 Å². The van der Waals surface area contributed by atoms with E-state index < -0.39 is 17.1 Å². The van der Waals surface area contributed by atoms with Crippen molar-refractivity contribution >= 4 is 81.7 Å². The standard InChI is InChI=1S/C32H26Cl3N3O3S/c1-2-28(32(41)37-26-17-7-6-15-24(26)33)42-23-14-9-13-22(19-23)36-31(40)27(18-21-12-8-16-25(34)29(21)35)38-30(39)20-10-4-3-5-11-20/h3-19,28H,2H2,1H3,(H,36,40)(H,37,41)(H,38,39)/b27-18+. The highest BCUT2D eigenvalue weighted by Crippen LogP contribution is 2.30. The third-order valence-corrected chi connectivity index (χ3v) is 8.50. The zero-order chi connectivity index (χ0) is 30.1. The zero-order valence-corrected chi connectivity index (χ0v) is 25.5. The number of rotatable bonds is 10. The Morgan fingerprint density at radius 1 is 0.810 bits per heavy atom. The predicted octanol–water partition coefficient (Wildman–Crippen LogP) is 8.57. The van der Waals surface area contributed by atoms with E-state index in [2.05, 4.69) is 16.0 Å². The number of hydrogen-bond acceptors (Lipinski definition) is 4. The third-order valence-electron chi connectivity index (χ3n) is 5.98. The minimum absolute atomic E-state index is 0.0309. The van der Waals surface area contributed by atoms with Crippen LogP contribution in [-0.2, 0) is 9.59 Å². The number of amides is 3. The van der Waals surface area contributed by atoms with E-state index in [1.807, 2.05) is 13.0 Å². The average Bonchev–Trinajstić information content (AvgIpc) is 2.99. The van der Waals surface area contributed by atoms with E-state index >= 15 is 0 Å². The molecule has 10 heteroatoms. The van der Waals surface area contributed by atoms with Crippen molar-refractivity contribution < 1.29 is 14.4 Å². The summed E-state index contributed by atoms with van der Waals surface area (Å²) < 4.78 is 0. The van der Waals surface area contributed by atoms with Gasteiger partial charge in [-0.2, -0.15) is 0 Å². The molecular formula is C32H26Cl3N3O3S. The van der Waals surface area contributed by atoms with Crippen molar-refractivity contribution in [2.24, 2.45) is 0 Å². The molecule has 3 N–H and O–H groups in total. The monoisotopic (exact) mass is 637 g/mol. The van der Waals surface area contributed by atoms with Crippen molar-refractivity contribution in [1.29, 1.82) is 0 Å². The van der Waals surface area contributed by atoms with E-state index in [1.165, 1.54) is 17.8 Å².